The van der Waals surface area contributed by atoms with Gasteiger partial charge in [-0.3, -0.25) is 0 Å². The van der Waals surface area contributed by atoms with Crippen LogP contribution in [0.5, 0.6) is 184 Å². The number of rotatable bonds is 4. The summed E-state index contributed by atoms with van der Waals surface area (Å²) in [4.78, 5) is 151. The minimum atomic E-state index is -3.16. The van der Waals surface area contributed by atoms with Gasteiger partial charge in [-0.25, -0.2) is 47.9 Å². The molecule has 28 N–H and O–H groups in total. The van der Waals surface area contributed by atoms with Crippen LogP contribution >= 0.6 is 0 Å². The first-order valence-electron chi connectivity index (χ1n) is 37.1. The summed E-state index contributed by atoms with van der Waals surface area (Å²) in [5.41, 5.74) is -18.3. The first-order valence-corrected chi connectivity index (χ1v) is 37.1. The molecule has 0 saturated carbocycles. The number of ether oxygens (including phenoxy) is 14. The highest BCUT2D eigenvalue weighted by Gasteiger charge is 2.59. The van der Waals surface area contributed by atoms with Crippen molar-refractivity contribution in [2.24, 2.45) is 0 Å². The summed E-state index contributed by atoms with van der Waals surface area (Å²) in [7, 11) is 0. The van der Waals surface area contributed by atoms with E-state index in [9.17, 15) is 162 Å². The van der Waals surface area contributed by atoms with Gasteiger partial charge in [-0.1, -0.05) is 0 Å². The predicted molar refractivity (Wildman–Crippen MR) is 413 cm³/mol. The van der Waals surface area contributed by atoms with Crippen LogP contribution in [0.1, 0.15) is 104 Å². The minimum absolute atomic E-state index is 0.0934. The van der Waals surface area contributed by atoms with E-state index in [0.29, 0.717) is 36.4 Å². The number of hydrogen-bond acceptors (Lipinski definition) is 52. The van der Waals surface area contributed by atoms with E-state index in [1.54, 1.807) is 0 Å². The number of esters is 10. The van der Waals surface area contributed by atoms with Crippen LogP contribution in [-0.4, -0.2) is 277 Å². The molecule has 5 aliphatic rings. The molecule has 10 aromatic rings. The first-order chi connectivity index (χ1) is 63.1. The molecule has 2 fully saturated rings. The van der Waals surface area contributed by atoms with Crippen LogP contribution in [0.3, 0.4) is 0 Å². The number of phenolic OH excluding ortho intramolecular Hbond substituents is 28. The second kappa shape index (κ2) is 33.2. The second-order valence-electron chi connectivity index (χ2n) is 28.9. The maximum Gasteiger partial charge on any atom is 0.342 e. The van der Waals surface area contributed by atoms with Crippen LogP contribution < -0.4 is 9.47 Å². The van der Waals surface area contributed by atoms with E-state index >= 15 is 28.8 Å². The van der Waals surface area contributed by atoms with Crippen LogP contribution in [-0.2, 0) is 56.8 Å². The van der Waals surface area contributed by atoms with E-state index in [0.717, 1.165) is 0 Å². The Hall–Kier alpha value is -19.2. The number of aromatic hydroxyl groups is 28. The monoisotopic (exact) mass is 1870 g/mol. The third-order valence-electron chi connectivity index (χ3n) is 20.7. The molecule has 52 heteroatoms. The molecule has 0 spiro atoms. The fourth-order valence-electron chi connectivity index (χ4n) is 14.2. The molecule has 134 heavy (non-hydrogen) atoms. The van der Waals surface area contributed by atoms with Crippen molar-refractivity contribution >= 4 is 59.7 Å². The van der Waals surface area contributed by atoms with E-state index in [1.807, 2.05) is 0 Å². The van der Waals surface area contributed by atoms with Crippen LogP contribution in [0.4, 0.5) is 0 Å². The standard InChI is InChI=1S/C82H56O52/c83-27-1-17(2-28(84)47(27)95)71(111)129-67-65-41(15-121-75(115)21-9-33(89)51(99)57(105)43(21)45-23(77(117)127-65)11-35(91)53(101)59(45)107)125-81-69(67)131-79(119)25-13-37(93)55(103)61(109)63(25)123-40-8-20(6-32(88)50(40)98)74(114)134-82-70(132-80(120)26-14-38(94)56(104)62(110)64(26)124-39-7-19(73(113)133-81)5-31(87)49(39)97)68(130-72(112)18-3-29(85)48(96)30(86)4-18)66-42(126-82)16-122-76(116)22-10-34(90)52(100)58(106)44(22)46-24(78(118)128-66)12-36(92)54(102)60(46)108/h1-14,41-42,65-70,81-110H,15-16H2. The summed E-state index contributed by atoms with van der Waals surface area (Å²) in [5.74, 6) is -70.7. The van der Waals surface area contributed by atoms with E-state index < -0.39 is 396 Å². The average Bonchev–Trinajstić information content (AvgIpc) is 1.35. The molecular formula is C82H56O52. The van der Waals surface area contributed by atoms with Crippen molar-refractivity contribution < 1.29 is 257 Å². The smallest absolute Gasteiger partial charge is 0.342 e. The Labute approximate surface area is 735 Å². The molecule has 5 aliphatic heterocycles. The normalized spacial score (nSPS) is 20.1. The average molecular weight is 1870 g/mol. The molecule has 52 nitrogen and oxygen atoms in total. The van der Waals surface area contributed by atoms with Gasteiger partial charge in [0.2, 0.25) is 82.3 Å². The fourth-order valence-corrected chi connectivity index (χ4v) is 14.2. The van der Waals surface area contributed by atoms with Gasteiger partial charge in [0.25, 0.3) is 0 Å². The Morgan fingerprint density at radius 1 is 0.246 bits per heavy atom. The Morgan fingerprint density at radius 3 is 0.791 bits per heavy atom. The van der Waals surface area contributed by atoms with E-state index in [2.05, 4.69) is 0 Å². The third kappa shape index (κ3) is 15.4. The van der Waals surface area contributed by atoms with Crippen molar-refractivity contribution in [1.82, 2.24) is 0 Å². The van der Waals surface area contributed by atoms with Gasteiger partial charge in [-0.15, -0.1) is 0 Å². The molecule has 0 amide bonds. The zero-order valence-corrected chi connectivity index (χ0v) is 65.6. The van der Waals surface area contributed by atoms with Gasteiger partial charge in [-0.2, -0.15) is 0 Å². The van der Waals surface area contributed by atoms with Gasteiger partial charge in [0.1, 0.15) is 36.5 Å². The SMILES string of the molecule is O=C1OC2OC3COC(=O)c4cc(O)c(O)c(O)c4-c4c(cc(O)c(O)c4O)C(=O)OC3C(OC(=O)c3cc(O)c(O)c(O)c3)C2OC(=O)c2cc(O)c(O)c(O)c2Oc2cc(cc(O)c2O)C(=O)OC2OC3COC(=O)c4cc(O)c(O)c(O)c4-c4c(cc(O)c(O)c4O)C(=O)OC3C(OC(=O)c3cc(O)c(O)c(O)c3)C2OC(=O)c2cc(O)c(O)c(O)c2Oc2cc1cc(O)c2O. The summed E-state index contributed by atoms with van der Waals surface area (Å²) >= 11 is 0. The van der Waals surface area contributed by atoms with E-state index in [-0.39, 0.29) is 48.5 Å². The number of phenols is 28. The molecule has 0 aliphatic carbocycles. The zero-order chi connectivity index (χ0) is 97.3. The lowest BCUT2D eigenvalue weighted by Gasteiger charge is -2.44. The minimum Gasteiger partial charge on any atom is -0.504 e. The molecule has 2 saturated heterocycles. The van der Waals surface area contributed by atoms with Crippen LogP contribution in [0.2, 0.25) is 0 Å². The van der Waals surface area contributed by atoms with Crippen molar-refractivity contribution in [2.45, 2.75) is 61.4 Å². The van der Waals surface area contributed by atoms with Crippen molar-refractivity contribution in [1.29, 1.82) is 0 Å². The summed E-state index contributed by atoms with van der Waals surface area (Å²) in [6, 6.07) is 3.65. The van der Waals surface area contributed by atoms with Gasteiger partial charge in [0.05, 0.1) is 44.5 Å². The van der Waals surface area contributed by atoms with Gasteiger partial charge in [0.15, 0.2) is 151 Å². The Kier molecular flexibility index (Phi) is 22.2. The number of benzene rings is 10. The second-order valence-corrected chi connectivity index (χ2v) is 28.9. The van der Waals surface area contributed by atoms with Gasteiger partial charge in [0, 0.05) is 34.4 Å². The van der Waals surface area contributed by atoms with E-state index in [1.165, 1.54) is 0 Å². The van der Waals surface area contributed by atoms with E-state index in [4.69, 9.17) is 66.3 Å². The first kappa shape index (κ1) is 89.6. The highest BCUT2D eigenvalue weighted by Crippen LogP contribution is 2.58. The Bertz CT molecular complexity index is 6380. The third-order valence-corrected chi connectivity index (χ3v) is 20.7. The van der Waals surface area contributed by atoms with Gasteiger partial charge in [-0.05, 0) is 72.8 Å². The summed E-state index contributed by atoms with van der Waals surface area (Å²) in [6.45, 7) is -3.22. The lowest BCUT2D eigenvalue weighted by atomic mass is 9.92. The molecule has 696 valence electrons. The molecule has 10 atom stereocenters. The molecular weight excluding hydrogens is 1820 g/mol. The topological polar surface area (TPSA) is 866 Å². The molecule has 5 heterocycles. The quantitative estimate of drug-likeness (QED) is 0.0669. The lowest BCUT2D eigenvalue weighted by molar-refractivity contribution is -0.282. The van der Waals surface area contributed by atoms with Crippen LogP contribution in [0, 0.1) is 0 Å². The summed E-state index contributed by atoms with van der Waals surface area (Å²) in [6.07, 6.45) is -29.7. The van der Waals surface area contributed by atoms with Crippen LogP contribution in [0.15, 0.2) is 84.9 Å². The molecule has 4 bridgehead atoms. The zero-order valence-electron chi connectivity index (χ0n) is 65.6. The largest absolute Gasteiger partial charge is 0.504 e. The maximum absolute atomic E-state index is 15.6. The summed E-state index contributed by atoms with van der Waals surface area (Å²) < 4.78 is 80.8. The highest BCUT2D eigenvalue weighted by atomic mass is 16.8. The molecule has 10 unspecified atom stereocenters. The number of cyclic esters (lactones) is 2. The molecule has 0 aromatic heterocycles. The van der Waals surface area contributed by atoms with Crippen molar-refractivity contribution in [3.8, 4) is 206 Å². The molecule has 15 rings (SSSR count). The Balaban J connectivity index is 0.934. The van der Waals surface area contributed by atoms with Crippen molar-refractivity contribution in [3.05, 3.63) is 141 Å². The maximum atomic E-state index is 15.6. The number of carbonyl (C=O) groups excluding carboxylic acids is 10. The fraction of sp³-hybridized carbons (Fsp3) is 0.146. The number of carbonyl (C=O) groups is 10. The highest BCUT2D eigenvalue weighted by molar-refractivity contribution is 6.11. The molecule has 0 radical (unpaired) electrons. The van der Waals surface area contributed by atoms with Crippen molar-refractivity contribution in [3.63, 3.8) is 0 Å². The number of fused-ring (bicyclic) bond motifs is 16. The predicted octanol–water partition coefficient (Wildman–Crippen LogP) is 4.13. The van der Waals surface area contributed by atoms with Gasteiger partial charge >= 0.3 is 59.7 Å². The summed E-state index contributed by atoms with van der Waals surface area (Å²) in [5, 5.41) is 311. The molecule has 10 aromatic carbocycles. The van der Waals surface area contributed by atoms with Crippen molar-refractivity contribution in [2.75, 3.05) is 13.2 Å². The van der Waals surface area contributed by atoms with Crippen LogP contribution in [0.25, 0.3) is 22.3 Å². The Morgan fingerprint density at radius 2 is 0.493 bits per heavy atom. The number of hydrogen-bond donors (Lipinski definition) is 28. The lowest BCUT2D eigenvalue weighted by Crippen LogP contribution is -2.63. The van der Waals surface area contributed by atoms with Gasteiger partial charge < -0.3 is 209 Å².